The van der Waals surface area contributed by atoms with Gasteiger partial charge in [0.25, 0.3) is 0 Å². The zero-order chi connectivity index (χ0) is 13.4. The number of rotatable bonds is 2. The summed E-state index contributed by atoms with van der Waals surface area (Å²) >= 11 is 7.76. The molecule has 0 saturated heterocycles. The molecule has 0 aliphatic rings. The molecule has 3 nitrogen and oxygen atoms in total. The van der Waals surface area contributed by atoms with E-state index in [2.05, 4.69) is 10.3 Å². The maximum absolute atomic E-state index is 6.18. The van der Waals surface area contributed by atoms with Crippen LogP contribution in [0.1, 0.15) is 5.56 Å². The summed E-state index contributed by atoms with van der Waals surface area (Å²) in [6.07, 6.45) is 0. The maximum atomic E-state index is 6.18. The lowest BCUT2D eigenvalue weighted by atomic mass is 10.2. The lowest BCUT2D eigenvalue weighted by molar-refractivity contribution is 1.45. The third-order valence-corrected chi connectivity index (χ3v) is 4.06. The van der Waals surface area contributed by atoms with Gasteiger partial charge in [0.2, 0.25) is 0 Å². The smallest absolute Gasteiger partial charge is 0.106 e. The molecule has 0 unspecified atom stereocenters. The molecule has 0 aliphatic heterocycles. The Morgan fingerprint density at radius 2 is 2.05 bits per heavy atom. The number of hydrogen-bond acceptors (Lipinski definition) is 4. The maximum Gasteiger partial charge on any atom is 0.106 e. The van der Waals surface area contributed by atoms with Crippen LogP contribution in [0, 0.1) is 6.92 Å². The van der Waals surface area contributed by atoms with Crippen molar-refractivity contribution >= 4 is 50.2 Å². The first-order valence-corrected chi connectivity index (χ1v) is 7.06. The molecule has 2 aromatic carbocycles. The largest absolute Gasteiger partial charge is 0.395 e. The number of aryl methyl sites for hydroxylation is 1. The first-order valence-electron chi connectivity index (χ1n) is 5.80. The standard InChI is InChI=1S/C14H12ClN3S/c1-8-2-3-9(15)11(6-8)18-10-4-5-12-14(13(10)16)17-7-19-12/h2-7,18H,16H2,1H3. The second-order valence-electron chi connectivity index (χ2n) is 4.33. The number of aromatic nitrogens is 1. The lowest BCUT2D eigenvalue weighted by Crippen LogP contribution is -1.97. The second kappa shape index (κ2) is 4.72. The third-order valence-electron chi connectivity index (χ3n) is 2.93. The number of anilines is 3. The molecule has 1 aromatic heterocycles. The van der Waals surface area contributed by atoms with Crippen molar-refractivity contribution in [2.45, 2.75) is 6.92 Å². The molecule has 3 rings (SSSR count). The van der Waals surface area contributed by atoms with Crippen molar-refractivity contribution in [3.05, 3.63) is 46.4 Å². The highest BCUT2D eigenvalue weighted by atomic mass is 35.5. The van der Waals surface area contributed by atoms with Crippen LogP contribution in [-0.2, 0) is 0 Å². The van der Waals surface area contributed by atoms with E-state index in [-0.39, 0.29) is 0 Å². The van der Waals surface area contributed by atoms with Gasteiger partial charge in [-0.1, -0.05) is 17.7 Å². The molecule has 3 N–H and O–H groups in total. The molecule has 0 fully saturated rings. The Kier molecular flexibility index (Phi) is 3.05. The number of nitrogen functional groups attached to an aromatic ring is 1. The van der Waals surface area contributed by atoms with Crippen LogP contribution in [0.5, 0.6) is 0 Å². The van der Waals surface area contributed by atoms with E-state index in [1.165, 1.54) is 0 Å². The number of benzene rings is 2. The molecule has 1 heterocycles. The van der Waals surface area contributed by atoms with E-state index in [0.29, 0.717) is 10.7 Å². The molecule has 0 atom stereocenters. The number of fused-ring (bicyclic) bond motifs is 1. The van der Waals surface area contributed by atoms with Crippen molar-refractivity contribution in [2.75, 3.05) is 11.1 Å². The fourth-order valence-corrected chi connectivity index (χ4v) is 2.80. The summed E-state index contributed by atoms with van der Waals surface area (Å²) in [5, 5.41) is 3.94. The van der Waals surface area contributed by atoms with E-state index >= 15 is 0 Å². The molecule has 0 spiro atoms. The molecular formula is C14H12ClN3S. The van der Waals surface area contributed by atoms with Gasteiger partial charge in [-0.25, -0.2) is 4.98 Å². The van der Waals surface area contributed by atoms with E-state index in [4.69, 9.17) is 17.3 Å². The summed E-state index contributed by atoms with van der Waals surface area (Å²) in [6, 6.07) is 9.80. The number of halogens is 1. The molecule has 5 heteroatoms. The van der Waals surface area contributed by atoms with Crippen molar-refractivity contribution in [1.29, 1.82) is 0 Å². The molecule has 96 valence electrons. The zero-order valence-corrected chi connectivity index (χ0v) is 11.8. The van der Waals surface area contributed by atoms with Crippen molar-refractivity contribution in [1.82, 2.24) is 4.98 Å². The van der Waals surface area contributed by atoms with Crippen LogP contribution in [0.3, 0.4) is 0 Å². The lowest BCUT2D eigenvalue weighted by Gasteiger charge is -2.11. The molecule has 3 aromatic rings. The number of nitrogens with zero attached hydrogens (tertiary/aromatic N) is 1. The third kappa shape index (κ3) is 2.25. The second-order valence-corrected chi connectivity index (χ2v) is 5.63. The van der Waals surface area contributed by atoms with Crippen molar-refractivity contribution in [2.24, 2.45) is 0 Å². The van der Waals surface area contributed by atoms with Gasteiger partial charge >= 0.3 is 0 Å². The van der Waals surface area contributed by atoms with Crippen molar-refractivity contribution in [3.63, 3.8) is 0 Å². The quantitative estimate of drug-likeness (QED) is 0.679. The Morgan fingerprint density at radius 1 is 1.21 bits per heavy atom. The average molecular weight is 290 g/mol. The number of thiazole rings is 1. The van der Waals surface area contributed by atoms with Crippen LogP contribution in [0.4, 0.5) is 17.1 Å². The van der Waals surface area contributed by atoms with Gasteiger partial charge in [-0.15, -0.1) is 11.3 Å². The van der Waals surface area contributed by atoms with Crippen LogP contribution < -0.4 is 11.1 Å². The minimum Gasteiger partial charge on any atom is -0.395 e. The highest BCUT2D eigenvalue weighted by Crippen LogP contribution is 2.34. The Bertz CT molecular complexity index is 752. The average Bonchev–Trinajstić information content (AvgIpc) is 2.86. The normalized spacial score (nSPS) is 10.8. The summed E-state index contributed by atoms with van der Waals surface area (Å²) in [4.78, 5) is 4.28. The first kappa shape index (κ1) is 12.3. The van der Waals surface area contributed by atoms with Gasteiger partial charge in [0, 0.05) is 0 Å². The van der Waals surface area contributed by atoms with Crippen LogP contribution in [0.15, 0.2) is 35.8 Å². The molecule has 0 aliphatic carbocycles. The van der Waals surface area contributed by atoms with E-state index in [1.807, 2.05) is 37.3 Å². The Balaban J connectivity index is 2.05. The van der Waals surface area contributed by atoms with E-state index in [1.54, 1.807) is 16.8 Å². The Labute approximate surface area is 120 Å². The van der Waals surface area contributed by atoms with Crippen LogP contribution in [0.2, 0.25) is 5.02 Å². The molecule has 0 bridgehead atoms. The van der Waals surface area contributed by atoms with E-state index in [0.717, 1.165) is 27.2 Å². The monoisotopic (exact) mass is 289 g/mol. The molecule has 19 heavy (non-hydrogen) atoms. The Morgan fingerprint density at radius 3 is 2.89 bits per heavy atom. The molecule has 0 saturated carbocycles. The predicted molar refractivity (Wildman–Crippen MR) is 83.5 cm³/mol. The minimum atomic E-state index is 0.649. The zero-order valence-electron chi connectivity index (χ0n) is 10.3. The number of hydrogen-bond donors (Lipinski definition) is 2. The first-order chi connectivity index (χ1) is 9.15. The summed E-state index contributed by atoms with van der Waals surface area (Å²) < 4.78 is 1.08. The van der Waals surface area contributed by atoms with Gasteiger partial charge < -0.3 is 11.1 Å². The van der Waals surface area contributed by atoms with Gasteiger partial charge in [0.15, 0.2) is 0 Å². The van der Waals surface area contributed by atoms with Gasteiger partial charge in [-0.2, -0.15) is 0 Å². The highest BCUT2D eigenvalue weighted by molar-refractivity contribution is 7.16. The summed E-state index contributed by atoms with van der Waals surface area (Å²) in [7, 11) is 0. The highest BCUT2D eigenvalue weighted by Gasteiger charge is 2.08. The minimum absolute atomic E-state index is 0.649. The summed E-state index contributed by atoms with van der Waals surface area (Å²) in [5.41, 5.74) is 12.2. The van der Waals surface area contributed by atoms with Gasteiger partial charge in [0.05, 0.1) is 32.3 Å². The predicted octanol–water partition coefficient (Wildman–Crippen LogP) is 4.58. The number of nitrogens with one attached hydrogen (secondary N) is 1. The van der Waals surface area contributed by atoms with Crippen LogP contribution in [0.25, 0.3) is 10.2 Å². The van der Waals surface area contributed by atoms with Gasteiger partial charge in [-0.05, 0) is 36.8 Å². The van der Waals surface area contributed by atoms with Crippen LogP contribution in [-0.4, -0.2) is 4.98 Å². The van der Waals surface area contributed by atoms with E-state index < -0.39 is 0 Å². The fraction of sp³-hybridized carbons (Fsp3) is 0.0714. The molecule has 0 radical (unpaired) electrons. The summed E-state index contributed by atoms with van der Waals surface area (Å²) in [6.45, 7) is 2.02. The SMILES string of the molecule is Cc1ccc(Cl)c(Nc2ccc3scnc3c2N)c1. The Hall–Kier alpha value is -1.78. The van der Waals surface area contributed by atoms with E-state index in [9.17, 15) is 0 Å². The topological polar surface area (TPSA) is 50.9 Å². The van der Waals surface area contributed by atoms with Crippen LogP contribution >= 0.6 is 22.9 Å². The van der Waals surface area contributed by atoms with Gasteiger partial charge in [-0.3, -0.25) is 0 Å². The van der Waals surface area contributed by atoms with Crippen molar-refractivity contribution in [3.8, 4) is 0 Å². The van der Waals surface area contributed by atoms with Gasteiger partial charge in [0.1, 0.15) is 5.52 Å². The fourth-order valence-electron chi connectivity index (χ4n) is 1.94. The number of nitrogens with two attached hydrogens (primary N) is 1. The molecular weight excluding hydrogens is 278 g/mol. The summed E-state index contributed by atoms with van der Waals surface area (Å²) in [5.74, 6) is 0. The van der Waals surface area contributed by atoms with Crippen molar-refractivity contribution < 1.29 is 0 Å². The molecule has 0 amide bonds.